The molecule has 0 aliphatic rings. The van der Waals surface area contributed by atoms with Crippen molar-refractivity contribution in [3.63, 3.8) is 0 Å². The van der Waals surface area contributed by atoms with Crippen LogP contribution in [0.3, 0.4) is 0 Å². The van der Waals surface area contributed by atoms with Crippen molar-refractivity contribution in [1.82, 2.24) is 15.0 Å². The molecule has 0 spiro atoms. The standard InChI is InChI=1S/C11H15N3O/c1-2-3-4-5-8-6-12-10-9(8)13-7-14-11(10)15/h6-7,12H,2-5H2,1H3,(H,13,14,15). The highest BCUT2D eigenvalue weighted by atomic mass is 16.1. The molecular weight excluding hydrogens is 190 g/mol. The SMILES string of the molecule is CCCCCc1c[nH]c2c(=O)[nH]cnc12. The largest absolute Gasteiger partial charge is 0.355 e. The molecule has 0 saturated carbocycles. The number of hydrogen-bond acceptors (Lipinski definition) is 2. The van der Waals surface area contributed by atoms with Gasteiger partial charge in [-0.3, -0.25) is 4.79 Å². The van der Waals surface area contributed by atoms with E-state index in [1.165, 1.54) is 19.2 Å². The van der Waals surface area contributed by atoms with Crippen molar-refractivity contribution in [2.45, 2.75) is 32.6 Å². The Morgan fingerprint density at radius 3 is 3.00 bits per heavy atom. The number of nitrogens with one attached hydrogen (secondary N) is 2. The molecule has 2 aromatic rings. The molecule has 0 atom stereocenters. The first-order chi connectivity index (χ1) is 7.33. The maximum Gasteiger partial charge on any atom is 0.275 e. The minimum atomic E-state index is -0.0956. The van der Waals surface area contributed by atoms with E-state index in [0.29, 0.717) is 5.52 Å². The number of hydrogen-bond donors (Lipinski definition) is 2. The number of nitrogens with zero attached hydrogens (tertiary/aromatic N) is 1. The second-order valence-corrected chi connectivity index (χ2v) is 3.73. The molecule has 0 saturated heterocycles. The van der Waals surface area contributed by atoms with Crippen molar-refractivity contribution >= 4 is 11.0 Å². The summed E-state index contributed by atoms with van der Waals surface area (Å²) in [5.74, 6) is 0. The summed E-state index contributed by atoms with van der Waals surface area (Å²) in [6.07, 6.45) is 7.92. The lowest BCUT2D eigenvalue weighted by Gasteiger charge is -1.96. The zero-order valence-corrected chi connectivity index (χ0v) is 8.84. The first-order valence-corrected chi connectivity index (χ1v) is 5.36. The van der Waals surface area contributed by atoms with Crippen LogP contribution in [0.2, 0.25) is 0 Å². The number of aryl methyl sites for hydroxylation is 1. The molecule has 2 rings (SSSR count). The smallest absolute Gasteiger partial charge is 0.275 e. The summed E-state index contributed by atoms with van der Waals surface area (Å²) < 4.78 is 0. The van der Waals surface area contributed by atoms with Crippen LogP contribution < -0.4 is 5.56 Å². The highest BCUT2D eigenvalue weighted by molar-refractivity contribution is 5.77. The van der Waals surface area contributed by atoms with Crippen molar-refractivity contribution in [2.75, 3.05) is 0 Å². The van der Waals surface area contributed by atoms with Gasteiger partial charge in [0.2, 0.25) is 0 Å². The van der Waals surface area contributed by atoms with E-state index in [1.54, 1.807) is 0 Å². The third-order valence-electron chi connectivity index (χ3n) is 2.60. The topological polar surface area (TPSA) is 61.5 Å². The summed E-state index contributed by atoms with van der Waals surface area (Å²) in [4.78, 5) is 21.1. The quantitative estimate of drug-likeness (QED) is 0.750. The lowest BCUT2D eigenvalue weighted by atomic mass is 10.1. The van der Waals surface area contributed by atoms with E-state index < -0.39 is 0 Å². The van der Waals surface area contributed by atoms with Crippen LogP contribution in [0.5, 0.6) is 0 Å². The van der Waals surface area contributed by atoms with E-state index in [1.807, 2.05) is 6.20 Å². The Kier molecular flexibility index (Phi) is 2.85. The molecule has 0 fully saturated rings. The Hall–Kier alpha value is -1.58. The second kappa shape index (κ2) is 4.29. The van der Waals surface area contributed by atoms with E-state index in [4.69, 9.17) is 0 Å². The van der Waals surface area contributed by atoms with E-state index >= 15 is 0 Å². The molecular formula is C11H15N3O. The zero-order chi connectivity index (χ0) is 10.7. The van der Waals surface area contributed by atoms with Crippen molar-refractivity contribution < 1.29 is 0 Å². The summed E-state index contributed by atoms with van der Waals surface area (Å²) in [6.45, 7) is 2.18. The van der Waals surface area contributed by atoms with E-state index in [0.717, 1.165) is 23.9 Å². The van der Waals surface area contributed by atoms with Crippen molar-refractivity contribution in [3.05, 3.63) is 28.4 Å². The Morgan fingerprint density at radius 1 is 1.33 bits per heavy atom. The molecule has 2 heterocycles. The number of H-pyrrole nitrogens is 2. The predicted octanol–water partition coefficient (Wildman–Crippen LogP) is 1.98. The monoisotopic (exact) mass is 205 g/mol. The first kappa shape index (κ1) is 9.96. The van der Waals surface area contributed by atoms with E-state index in [2.05, 4.69) is 21.9 Å². The zero-order valence-electron chi connectivity index (χ0n) is 8.84. The summed E-state index contributed by atoms with van der Waals surface area (Å²) >= 11 is 0. The fourth-order valence-corrected chi connectivity index (χ4v) is 1.76. The molecule has 2 N–H and O–H groups in total. The summed E-state index contributed by atoms with van der Waals surface area (Å²) in [7, 11) is 0. The minimum Gasteiger partial charge on any atom is -0.355 e. The lowest BCUT2D eigenvalue weighted by molar-refractivity contribution is 0.719. The van der Waals surface area contributed by atoms with Gasteiger partial charge in [0.05, 0.1) is 11.8 Å². The Morgan fingerprint density at radius 2 is 2.20 bits per heavy atom. The summed E-state index contributed by atoms with van der Waals surface area (Å²) in [5.41, 5.74) is 2.45. The number of fused-ring (bicyclic) bond motifs is 1. The third kappa shape index (κ3) is 1.93. The van der Waals surface area contributed by atoms with E-state index in [9.17, 15) is 4.79 Å². The average molecular weight is 205 g/mol. The molecule has 0 bridgehead atoms. The van der Waals surface area contributed by atoms with Gasteiger partial charge in [-0.15, -0.1) is 0 Å². The molecule has 0 aliphatic heterocycles. The molecule has 15 heavy (non-hydrogen) atoms. The van der Waals surface area contributed by atoms with Gasteiger partial charge in [0.25, 0.3) is 5.56 Å². The first-order valence-electron chi connectivity index (χ1n) is 5.36. The van der Waals surface area contributed by atoms with Crippen LogP contribution in [0, 0.1) is 0 Å². The van der Waals surface area contributed by atoms with Gasteiger partial charge >= 0.3 is 0 Å². The number of aromatic amines is 2. The summed E-state index contributed by atoms with van der Waals surface area (Å²) in [6, 6.07) is 0. The Balaban J connectivity index is 2.29. The van der Waals surface area contributed by atoms with Crippen LogP contribution in [-0.4, -0.2) is 15.0 Å². The van der Waals surface area contributed by atoms with Gasteiger partial charge in [0.15, 0.2) is 0 Å². The third-order valence-corrected chi connectivity index (χ3v) is 2.60. The summed E-state index contributed by atoms with van der Waals surface area (Å²) in [5, 5.41) is 0. The normalized spacial score (nSPS) is 11.0. The maximum absolute atomic E-state index is 11.4. The maximum atomic E-state index is 11.4. The van der Waals surface area contributed by atoms with Crippen LogP contribution in [-0.2, 0) is 6.42 Å². The molecule has 0 unspecified atom stereocenters. The van der Waals surface area contributed by atoms with Crippen LogP contribution in [0.15, 0.2) is 17.3 Å². The number of rotatable bonds is 4. The van der Waals surface area contributed by atoms with Crippen LogP contribution in [0.25, 0.3) is 11.0 Å². The van der Waals surface area contributed by atoms with Crippen molar-refractivity contribution in [1.29, 1.82) is 0 Å². The van der Waals surface area contributed by atoms with E-state index in [-0.39, 0.29) is 5.56 Å². The molecule has 4 nitrogen and oxygen atoms in total. The van der Waals surface area contributed by atoms with Gasteiger partial charge in [-0.25, -0.2) is 4.98 Å². The van der Waals surface area contributed by atoms with Gasteiger partial charge < -0.3 is 9.97 Å². The minimum absolute atomic E-state index is 0.0956. The average Bonchev–Trinajstić information content (AvgIpc) is 2.64. The number of aromatic nitrogens is 3. The van der Waals surface area contributed by atoms with Gasteiger partial charge in [0.1, 0.15) is 5.52 Å². The second-order valence-electron chi connectivity index (χ2n) is 3.73. The molecule has 80 valence electrons. The fourth-order valence-electron chi connectivity index (χ4n) is 1.76. The van der Waals surface area contributed by atoms with Crippen LogP contribution >= 0.6 is 0 Å². The highest BCUT2D eigenvalue weighted by Gasteiger charge is 2.06. The molecule has 2 aromatic heterocycles. The molecule has 0 radical (unpaired) electrons. The number of unbranched alkanes of at least 4 members (excludes halogenated alkanes) is 2. The van der Waals surface area contributed by atoms with Crippen LogP contribution in [0.4, 0.5) is 0 Å². The lowest BCUT2D eigenvalue weighted by Crippen LogP contribution is -2.05. The van der Waals surface area contributed by atoms with Gasteiger partial charge in [-0.1, -0.05) is 19.8 Å². The van der Waals surface area contributed by atoms with Gasteiger partial charge in [0, 0.05) is 6.20 Å². The molecule has 0 aliphatic carbocycles. The Bertz CT molecular complexity index is 498. The molecule has 4 heteroatoms. The van der Waals surface area contributed by atoms with Crippen molar-refractivity contribution in [3.8, 4) is 0 Å². The van der Waals surface area contributed by atoms with Gasteiger partial charge in [-0.05, 0) is 18.4 Å². The highest BCUT2D eigenvalue weighted by Crippen LogP contribution is 2.14. The fraction of sp³-hybridized carbons (Fsp3) is 0.455. The Labute approximate surface area is 87.7 Å². The van der Waals surface area contributed by atoms with Crippen LogP contribution in [0.1, 0.15) is 31.7 Å². The van der Waals surface area contributed by atoms with Crippen molar-refractivity contribution in [2.24, 2.45) is 0 Å². The molecule has 0 amide bonds. The van der Waals surface area contributed by atoms with Gasteiger partial charge in [-0.2, -0.15) is 0 Å². The predicted molar refractivity (Wildman–Crippen MR) is 59.9 cm³/mol. The molecule has 0 aromatic carbocycles.